The fraction of sp³-hybridized carbons (Fsp3) is 0.909. The molecule has 4 aliphatic carbocycles. The second-order valence-corrected chi connectivity index (χ2v) is 30.1. The van der Waals surface area contributed by atoms with E-state index < -0.39 is 220 Å². The predicted octanol–water partition coefficient (Wildman–Crippen LogP) is -1.63. The monoisotopic (exact) mass is 1380 g/mol. The van der Waals surface area contributed by atoms with Gasteiger partial charge in [0.2, 0.25) is 0 Å². The number of rotatable bonds is 20. The maximum atomic E-state index is 14.8. The van der Waals surface area contributed by atoms with E-state index in [1.54, 1.807) is 0 Å². The number of carbonyl (C=O) groups excluding carboxylic acids is 2. The van der Waals surface area contributed by atoms with E-state index in [0.717, 1.165) is 24.8 Å². The van der Waals surface area contributed by atoms with Crippen molar-refractivity contribution in [3.05, 3.63) is 23.8 Å². The lowest BCUT2D eigenvalue weighted by atomic mass is 9.41. The Morgan fingerprint density at radius 1 is 0.594 bits per heavy atom. The number of carbonyl (C=O) groups is 2. The largest absolute Gasteiger partial charge is 0.462 e. The van der Waals surface area contributed by atoms with Gasteiger partial charge in [0.1, 0.15) is 128 Å². The Bertz CT molecular complexity index is 2730. The van der Waals surface area contributed by atoms with Gasteiger partial charge in [-0.15, -0.1) is 6.58 Å². The van der Waals surface area contributed by atoms with Gasteiger partial charge < -0.3 is 137 Å². The number of aliphatic hydroxyl groups excluding tert-OH is 12. The lowest BCUT2D eigenvalue weighted by Crippen LogP contribution is -2.66. The lowest BCUT2D eigenvalue weighted by Gasteiger charge is -2.64. The number of hydrogen-bond donors (Lipinski definition) is 12. The van der Waals surface area contributed by atoms with Crippen LogP contribution in [0.3, 0.4) is 0 Å². The molecule has 96 heavy (non-hydrogen) atoms. The third kappa shape index (κ3) is 13.2. The Balaban J connectivity index is 0.823. The highest BCUT2D eigenvalue weighted by Crippen LogP contribution is 2.76. The van der Waals surface area contributed by atoms with E-state index in [1.807, 2.05) is 13.8 Å². The molecule has 0 aromatic rings. The summed E-state index contributed by atoms with van der Waals surface area (Å²) in [6, 6.07) is 0. The van der Waals surface area contributed by atoms with E-state index in [0.29, 0.717) is 38.5 Å². The van der Waals surface area contributed by atoms with Crippen LogP contribution < -0.4 is 0 Å². The molecule has 3 saturated carbocycles. The van der Waals surface area contributed by atoms with Gasteiger partial charge in [0.15, 0.2) is 37.7 Å². The molecule has 11 rings (SSSR count). The van der Waals surface area contributed by atoms with Crippen LogP contribution in [0, 0.1) is 39.4 Å². The van der Waals surface area contributed by atoms with E-state index in [-0.39, 0.29) is 42.4 Å². The number of allylic oxidation sites excluding steroid dienone is 2. The second kappa shape index (κ2) is 28.9. The third-order valence-corrected chi connectivity index (χ3v) is 23.8. The van der Waals surface area contributed by atoms with Crippen molar-refractivity contribution in [3.8, 4) is 0 Å². The topological polar surface area (TPSA) is 425 Å². The van der Waals surface area contributed by atoms with Crippen molar-refractivity contribution in [2.75, 3.05) is 47.3 Å². The van der Waals surface area contributed by atoms with E-state index >= 15 is 0 Å². The van der Waals surface area contributed by atoms with Crippen molar-refractivity contribution < 1.29 is 147 Å². The quantitative estimate of drug-likeness (QED) is 0.0481. The Morgan fingerprint density at radius 2 is 1.15 bits per heavy atom. The molecule has 0 aromatic heterocycles. The summed E-state index contributed by atoms with van der Waals surface area (Å²) >= 11 is 0. The predicted molar refractivity (Wildman–Crippen MR) is 323 cm³/mol. The second-order valence-electron chi connectivity index (χ2n) is 30.1. The first-order valence-electron chi connectivity index (χ1n) is 33.9. The maximum absolute atomic E-state index is 14.8. The number of methoxy groups -OCH3 is 2. The highest BCUT2D eigenvalue weighted by atomic mass is 16.8. The zero-order chi connectivity index (χ0) is 69.6. The molecular weight excluding hydrogens is 1270 g/mol. The molecular formula is C66H104O30. The van der Waals surface area contributed by atoms with Gasteiger partial charge in [0.25, 0.3) is 0 Å². The summed E-state index contributed by atoms with van der Waals surface area (Å²) in [7, 11) is 2.52. The number of fused-ring (bicyclic) bond motifs is 4. The Hall–Kier alpha value is -2.62. The summed E-state index contributed by atoms with van der Waals surface area (Å²) < 4.78 is 95.8. The van der Waals surface area contributed by atoms with Gasteiger partial charge in [0.05, 0.1) is 50.7 Å². The first-order valence-corrected chi connectivity index (χ1v) is 33.9. The number of esters is 2. The average Bonchev–Trinajstić information content (AvgIpc) is 1.47. The molecule has 0 aromatic carbocycles. The molecule has 30 nitrogen and oxygen atoms in total. The molecule has 35 unspecified atom stereocenters. The van der Waals surface area contributed by atoms with Gasteiger partial charge in [-0.2, -0.15) is 0 Å². The van der Waals surface area contributed by atoms with Crippen LogP contribution in [0.1, 0.15) is 113 Å². The van der Waals surface area contributed by atoms with Crippen LogP contribution in [-0.4, -0.2) is 298 Å². The first kappa shape index (κ1) is 74.6. The summed E-state index contributed by atoms with van der Waals surface area (Å²) in [5, 5.41) is 135. The Kier molecular flexibility index (Phi) is 22.4. The number of hydrogen-bond acceptors (Lipinski definition) is 30. The van der Waals surface area contributed by atoms with Gasteiger partial charge in [-0.05, 0) is 88.4 Å². The minimum atomic E-state index is -1.98. The smallest absolute Gasteiger partial charge is 0.313 e. The summed E-state index contributed by atoms with van der Waals surface area (Å²) in [6.45, 7) is 17.3. The molecule has 30 heteroatoms. The van der Waals surface area contributed by atoms with Gasteiger partial charge in [-0.1, -0.05) is 44.9 Å². The maximum Gasteiger partial charge on any atom is 0.313 e. The highest BCUT2D eigenvalue weighted by Gasteiger charge is 2.76. The van der Waals surface area contributed by atoms with Crippen LogP contribution in [0.2, 0.25) is 0 Å². The van der Waals surface area contributed by atoms with Gasteiger partial charge in [0, 0.05) is 45.3 Å². The normalized spacial score (nSPS) is 51.2. The van der Waals surface area contributed by atoms with Gasteiger partial charge >= 0.3 is 11.9 Å². The van der Waals surface area contributed by atoms with E-state index in [1.165, 1.54) is 33.6 Å². The zero-order valence-corrected chi connectivity index (χ0v) is 56.3. The van der Waals surface area contributed by atoms with Crippen molar-refractivity contribution in [1.29, 1.82) is 0 Å². The molecule has 0 bridgehead atoms. The minimum absolute atomic E-state index is 0.00154. The average molecular weight is 1380 g/mol. The Morgan fingerprint density at radius 3 is 1.74 bits per heavy atom. The first-order chi connectivity index (χ1) is 45.3. The zero-order valence-electron chi connectivity index (χ0n) is 56.3. The molecule has 35 atom stereocenters. The number of ether oxygens (including phenoxy) is 16. The molecule has 7 aliphatic heterocycles. The van der Waals surface area contributed by atoms with Crippen molar-refractivity contribution in [3.63, 3.8) is 0 Å². The SMILES string of the molecule is C=C(C)CC(CC1(C)OC(=O)C23CCC4C(=CCC5C(C)(C)C(OC6OCC(OC7OC(CO)C(O)C(OC8OCC(O)C(OC)C8O)C7O)C(O)C6OC6OC(C)C(OC7OCC(O)C(OC8OCC(O)C(OC)C8O)C7O)C(O)C6O)CCC45C)C2(C)CCC13)OC(C)=O. The van der Waals surface area contributed by atoms with Crippen LogP contribution in [0.25, 0.3) is 0 Å². The molecule has 11 aliphatic rings. The number of aliphatic hydroxyl groups is 12. The fourth-order valence-corrected chi connectivity index (χ4v) is 18.9. The van der Waals surface area contributed by atoms with E-state index in [4.69, 9.17) is 75.8 Å². The summed E-state index contributed by atoms with van der Waals surface area (Å²) in [6.07, 6.45) is -33.9. The fourth-order valence-electron chi connectivity index (χ4n) is 18.9. The van der Waals surface area contributed by atoms with Crippen LogP contribution in [-0.2, 0) is 85.4 Å². The summed E-state index contributed by atoms with van der Waals surface area (Å²) in [4.78, 5) is 27.1. The molecule has 0 radical (unpaired) electrons. The van der Waals surface area contributed by atoms with Crippen LogP contribution >= 0.6 is 0 Å². The Labute approximate surface area is 558 Å². The van der Waals surface area contributed by atoms with Crippen molar-refractivity contribution >= 4 is 11.9 Å². The summed E-state index contributed by atoms with van der Waals surface area (Å²) in [5.74, 6) is -0.621. The van der Waals surface area contributed by atoms with Crippen LogP contribution in [0.15, 0.2) is 23.8 Å². The molecule has 7 saturated heterocycles. The van der Waals surface area contributed by atoms with Gasteiger partial charge in [-0.25, -0.2) is 0 Å². The summed E-state index contributed by atoms with van der Waals surface area (Å²) in [5.41, 5.74) is -0.939. The molecule has 1 spiro atoms. The number of cyclic esters (lactones) is 1. The van der Waals surface area contributed by atoms with E-state index in [2.05, 4.69) is 40.3 Å². The minimum Gasteiger partial charge on any atom is -0.462 e. The van der Waals surface area contributed by atoms with E-state index in [9.17, 15) is 70.9 Å². The van der Waals surface area contributed by atoms with Crippen LogP contribution in [0.4, 0.5) is 0 Å². The van der Waals surface area contributed by atoms with Crippen LogP contribution in [0.5, 0.6) is 0 Å². The standard InChI is InChI=1S/C66H104O30/c1-27(2)20-30(88-29(4)68)21-65(9)39-15-18-64(8)32-12-13-38-62(5,6)40(16-17-63(38,7)31(32)14-19-66(39,64)61(80)96-65)91-60-54(42(73)37(26-86-60)90-59-48(79)53(41(72)36(22-67)89-59)94-56-46(77)51(82-11)34(70)24-84-56)95-58-44(75)43(74)49(28(3)87-58)92-57-47(78)52(35(71)25-85-57)93-55-45(76)50(81-10)33(69)23-83-55/h12,28,30-31,33-60,67,69-79H,1,13-26H2,2-11H3. The molecule has 0 amide bonds. The van der Waals surface area contributed by atoms with Gasteiger partial charge in [-0.3, -0.25) is 9.59 Å². The molecule has 7 heterocycles. The van der Waals surface area contributed by atoms with Crippen molar-refractivity contribution in [1.82, 2.24) is 0 Å². The molecule has 10 fully saturated rings. The lowest BCUT2D eigenvalue weighted by molar-refractivity contribution is -0.393. The van der Waals surface area contributed by atoms with Crippen molar-refractivity contribution in [2.45, 2.75) is 291 Å². The highest BCUT2D eigenvalue weighted by molar-refractivity contribution is 5.83. The molecule has 548 valence electrons. The molecule has 12 N–H and O–H groups in total. The third-order valence-electron chi connectivity index (χ3n) is 23.8. The van der Waals surface area contributed by atoms with Crippen molar-refractivity contribution in [2.24, 2.45) is 39.4 Å².